The number of nitrogens with one attached hydrogen (secondary N) is 2. The lowest BCUT2D eigenvalue weighted by molar-refractivity contribution is -0.137. The summed E-state index contributed by atoms with van der Waals surface area (Å²) in [6.45, 7) is 3.50. The standard InChI is InChI=1S/C25H26ClN3O5S/c1-3-35(33,34)20-11-9-18(10-12-20)22(14-23(30)31)29-25(32)19-13-21(26)24(27-15-19)28-16(2)17-7-5-4-6-8-17/h4-13,15-16,22H,3,14H2,1-2H3,(H,27,28)(H,29,32)(H,30,31)/t16-,22-/m0/s1. The molecule has 0 aliphatic heterocycles. The number of aliphatic carboxylic acids is 1. The van der Waals surface area contributed by atoms with Gasteiger partial charge in [-0.15, -0.1) is 0 Å². The summed E-state index contributed by atoms with van der Waals surface area (Å²) in [4.78, 5) is 28.7. The van der Waals surface area contributed by atoms with Gasteiger partial charge < -0.3 is 15.7 Å². The summed E-state index contributed by atoms with van der Waals surface area (Å²) < 4.78 is 24.1. The Hall–Kier alpha value is -3.43. The average Bonchev–Trinajstić information content (AvgIpc) is 2.85. The number of carbonyl (C=O) groups is 2. The molecule has 184 valence electrons. The van der Waals surface area contributed by atoms with Crippen LogP contribution in [0.4, 0.5) is 5.82 Å². The Morgan fingerprint density at radius 3 is 2.29 bits per heavy atom. The van der Waals surface area contributed by atoms with Crippen LogP contribution in [0.5, 0.6) is 0 Å². The fourth-order valence-electron chi connectivity index (χ4n) is 3.44. The van der Waals surface area contributed by atoms with Crippen molar-refractivity contribution in [3.05, 3.63) is 88.6 Å². The molecule has 1 heterocycles. The van der Waals surface area contributed by atoms with Crippen LogP contribution in [0, 0.1) is 0 Å². The molecule has 0 aliphatic rings. The number of hydrogen-bond acceptors (Lipinski definition) is 6. The number of carboxylic acids is 1. The zero-order valence-electron chi connectivity index (χ0n) is 19.2. The molecule has 3 N–H and O–H groups in total. The maximum absolute atomic E-state index is 12.9. The third-order valence-corrected chi connectivity index (χ3v) is 7.50. The van der Waals surface area contributed by atoms with Crippen molar-refractivity contribution >= 4 is 39.1 Å². The van der Waals surface area contributed by atoms with Crippen LogP contribution < -0.4 is 10.6 Å². The quantitative estimate of drug-likeness (QED) is 0.359. The van der Waals surface area contributed by atoms with Crippen LogP contribution in [0.1, 0.15) is 53.8 Å². The summed E-state index contributed by atoms with van der Waals surface area (Å²) in [6.07, 6.45) is 0.969. The molecule has 0 spiro atoms. The molecule has 0 saturated carbocycles. The van der Waals surface area contributed by atoms with Gasteiger partial charge in [0, 0.05) is 12.2 Å². The van der Waals surface area contributed by atoms with E-state index in [1.807, 2.05) is 37.3 Å². The van der Waals surface area contributed by atoms with E-state index in [9.17, 15) is 23.1 Å². The van der Waals surface area contributed by atoms with Gasteiger partial charge in [-0.3, -0.25) is 9.59 Å². The molecule has 3 aromatic rings. The minimum Gasteiger partial charge on any atom is -0.481 e. The van der Waals surface area contributed by atoms with Crippen LogP contribution >= 0.6 is 11.6 Å². The predicted octanol–water partition coefficient (Wildman–Crippen LogP) is 4.65. The van der Waals surface area contributed by atoms with Gasteiger partial charge in [-0.1, -0.05) is 61.0 Å². The van der Waals surface area contributed by atoms with E-state index in [1.54, 1.807) is 6.92 Å². The number of sulfone groups is 1. The predicted molar refractivity (Wildman–Crippen MR) is 134 cm³/mol. The van der Waals surface area contributed by atoms with Crippen molar-refractivity contribution in [2.45, 2.75) is 37.2 Å². The van der Waals surface area contributed by atoms with E-state index in [0.717, 1.165) is 5.56 Å². The monoisotopic (exact) mass is 515 g/mol. The summed E-state index contributed by atoms with van der Waals surface area (Å²) in [5, 5.41) is 15.4. The highest BCUT2D eigenvalue weighted by molar-refractivity contribution is 7.91. The van der Waals surface area contributed by atoms with Crippen LogP contribution in [0.15, 0.2) is 71.8 Å². The molecule has 0 fully saturated rings. The summed E-state index contributed by atoms with van der Waals surface area (Å²) in [5.74, 6) is -1.32. The Labute approximate surface area is 209 Å². The molecule has 0 saturated heterocycles. The van der Waals surface area contributed by atoms with E-state index in [-0.39, 0.29) is 33.7 Å². The molecule has 2 aromatic carbocycles. The Balaban J connectivity index is 1.76. The first-order valence-corrected chi connectivity index (χ1v) is 13.0. The molecule has 0 bridgehead atoms. The van der Waals surface area contributed by atoms with E-state index in [1.165, 1.54) is 36.5 Å². The number of rotatable bonds is 10. The Kier molecular flexibility index (Phi) is 8.48. The molecule has 1 amide bonds. The van der Waals surface area contributed by atoms with Crippen molar-refractivity contribution in [1.29, 1.82) is 0 Å². The Bertz CT molecular complexity index is 1300. The lowest BCUT2D eigenvalue weighted by Crippen LogP contribution is -2.30. The highest BCUT2D eigenvalue weighted by Crippen LogP contribution is 2.26. The molecule has 3 rings (SSSR count). The Morgan fingerprint density at radius 1 is 1.06 bits per heavy atom. The van der Waals surface area contributed by atoms with Gasteiger partial charge in [0.25, 0.3) is 5.91 Å². The SMILES string of the molecule is CCS(=O)(=O)c1ccc([C@H](CC(=O)O)NC(=O)c2cnc(N[C@@H](C)c3ccccc3)c(Cl)c2)cc1. The topological polar surface area (TPSA) is 125 Å². The zero-order chi connectivity index (χ0) is 25.6. The van der Waals surface area contributed by atoms with Crippen LogP contribution in [0.3, 0.4) is 0 Å². The van der Waals surface area contributed by atoms with Gasteiger partial charge in [-0.05, 0) is 36.2 Å². The average molecular weight is 516 g/mol. The molecular weight excluding hydrogens is 490 g/mol. The third kappa shape index (κ3) is 6.80. The second-order valence-corrected chi connectivity index (χ2v) is 10.6. The van der Waals surface area contributed by atoms with Gasteiger partial charge in [-0.2, -0.15) is 0 Å². The van der Waals surface area contributed by atoms with Crippen LogP contribution in [0.2, 0.25) is 5.02 Å². The first kappa shape index (κ1) is 26.2. The normalized spacial score (nSPS) is 13.0. The summed E-state index contributed by atoms with van der Waals surface area (Å²) in [7, 11) is -3.40. The molecule has 8 nitrogen and oxygen atoms in total. The fraction of sp³-hybridized carbons (Fsp3) is 0.240. The van der Waals surface area contributed by atoms with Gasteiger partial charge in [0.15, 0.2) is 9.84 Å². The molecule has 10 heteroatoms. The molecular formula is C25H26ClN3O5S. The molecule has 0 aliphatic carbocycles. The number of aromatic nitrogens is 1. The lowest BCUT2D eigenvalue weighted by atomic mass is 10.0. The number of carbonyl (C=O) groups excluding carboxylic acids is 1. The van der Waals surface area contributed by atoms with Crippen LogP contribution in [-0.4, -0.2) is 36.1 Å². The minimum atomic E-state index is -3.40. The smallest absolute Gasteiger partial charge is 0.305 e. The van der Waals surface area contributed by atoms with Crippen molar-refractivity contribution in [3.63, 3.8) is 0 Å². The molecule has 35 heavy (non-hydrogen) atoms. The van der Waals surface area contributed by atoms with Gasteiger partial charge in [0.2, 0.25) is 0 Å². The number of pyridine rings is 1. The molecule has 1 aromatic heterocycles. The number of benzene rings is 2. The van der Waals surface area contributed by atoms with E-state index < -0.39 is 27.8 Å². The second-order valence-electron chi connectivity index (χ2n) is 7.93. The molecule has 2 atom stereocenters. The minimum absolute atomic E-state index is 0.0512. The third-order valence-electron chi connectivity index (χ3n) is 5.46. The van der Waals surface area contributed by atoms with Crippen LogP contribution in [-0.2, 0) is 14.6 Å². The first-order chi connectivity index (χ1) is 16.6. The summed E-state index contributed by atoms with van der Waals surface area (Å²) >= 11 is 6.36. The highest BCUT2D eigenvalue weighted by Gasteiger charge is 2.21. The van der Waals surface area contributed by atoms with Crippen LogP contribution in [0.25, 0.3) is 0 Å². The van der Waals surface area contributed by atoms with Crippen molar-refractivity contribution < 1.29 is 23.1 Å². The van der Waals surface area contributed by atoms with Crippen molar-refractivity contribution in [1.82, 2.24) is 10.3 Å². The van der Waals surface area contributed by atoms with E-state index in [2.05, 4.69) is 15.6 Å². The summed E-state index contributed by atoms with van der Waals surface area (Å²) in [5.41, 5.74) is 1.67. The number of anilines is 1. The largest absolute Gasteiger partial charge is 0.481 e. The number of amides is 1. The van der Waals surface area contributed by atoms with Crippen molar-refractivity contribution in [3.8, 4) is 0 Å². The first-order valence-electron chi connectivity index (χ1n) is 10.9. The number of halogens is 1. The van der Waals surface area contributed by atoms with Gasteiger partial charge in [0.1, 0.15) is 5.82 Å². The van der Waals surface area contributed by atoms with Gasteiger partial charge in [0.05, 0.1) is 33.7 Å². The molecule has 0 unspecified atom stereocenters. The van der Waals surface area contributed by atoms with Crippen molar-refractivity contribution in [2.24, 2.45) is 0 Å². The summed E-state index contributed by atoms with van der Waals surface area (Å²) in [6, 6.07) is 16.0. The number of hydrogen-bond donors (Lipinski definition) is 3. The Morgan fingerprint density at radius 2 is 1.71 bits per heavy atom. The fourth-order valence-corrected chi connectivity index (χ4v) is 4.55. The highest BCUT2D eigenvalue weighted by atomic mass is 35.5. The maximum Gasteiger partial charge on any atom is 0.305 e. The number of carboxylic acid groups (broad SMARTS) is 1. The molecule has 0 radical (unpaired) electrons. The van der Waals surface area contributed by atoms with E-state index in [4.69, 9.17) is 11.6 Å². The lowest BCUT2D eigenvalue weighted by Gasteiger charge is -2.19. The zero-order valence-corrected chi connectivity index (χ0v) is 20.8. The van der Waals surface area contributed by atoms with Gasteiger partial charge in [-0.25, -0.2) is 13.4 Å². The van der Waals surface area contributed by atoms with Crippen molar-refractivity contribution in [2.75, 3.05) is 11.1 Å². The number of nitrogens with zero attached hydrogens (tertiary/aromatic N) is 1. The maximum atomic E-state index is 12.9. The van der Waals surface area contributed by atoms with E-state index >= 15 is 0 Å². The van der Waals surface area contributed by atoms with E-state index in [0.29, 0.717) is 11.4 Å². The van der Waals surface area contributed by atoms with Gasteiger partial charge >= 0.3 is 5.97 Å². The second kappa shape index (κ2) is 11.3.